The molecule has 1 aliphatic carbocycles. The minimum atomic E-state index is -0.472. The molecule has 0 aromatic heterocycles. The van der Waals surface area contributed by atoms with Crippen molar-refractivity contribution in [1.29, 1.82) is 0 Å². The lowest BCUT2D eigenvalue weighted by atomic mass is 9.61. The number of carbonyl (C=O) groups is 2. The van der Waals surface area contributed by atoms with Gasteiger partial charge in [0.1, 0.15) is 11.2 Å². The molecular formula is C26H38N2O4. The predicted octanol–water partition coefficient (Wildman–Crippen LogP) is 4.79. The summed E-state index contributed by atoms with van der Waals surface area (Å²) in [4.78, 5) is 34.6. The van der Waals surface area contributed by atoms with Gasteiger partial charge in [0.05, 0.1) is 30.2 Å². The van der Waals surface area contributed by atoms with Gasteiger partial charge in [0.25, 0.3) is 0 Å². The highest BCUT2D eigenvalue weighted by atomic mass is 16.5. The molecule has 6 nitrogen and oxygen atoms in total. The molecule has 3 heterocycles. The summed E-state index contributed by atoms with van der Waals surface area (Å²) in [5.74, 6) is -1.14. The van der Waals surface area contributed by atoms with Crippen LogP contribution < -0.4 is 0 Å². The zero-order valence-corrected chi connectivity index (χ0v) is 20.9. The van der Waals surface area contributed by atoms with Crippen LogP contribution >= 0.6 is 0 Å². The molecule has 3 aliphatic heterocycles. The quantitative estimate of drug-likeness (QED) is 0.585. The van der Waals surface area contributed by atoms with Gasteiger partial charge in [-0.1, -0.05) is 54.4 Å². The second-order valence-corrected chi connectivity index (χ2v) is 11.6. The molecule has 4 aliphatic rings. The summed E-state index contributed by atoms with van der Waals surface area (Å²) < 4.78 is 11.1. The summed E-state index contributed by atoms with van der Waals surface area (Å²) in [5.41, 5.74) is 1.49. The van der Waals surface area contributed by atoms with Gasteiger partial charge < -0.3 is 14.4 Å². The van der Waals surface area contributed by atoms with E-state index in [0.29, 0.717) is 11.3 Å². The molecule has 0 saturated heterocycles. The summed E-state index contributed by atoms with van der Waals surface area (Å²) in [6, 6.07) is 0. The zero-order valence-electron chi connectivity index (χ0n) is 20.9. The zero-order chi connectivity index (χ0) is 23.7. The largest absolute Gasteiger partial charge is 0.463 e. The molecule has 3 atom stereocenters. The molecule has 176 valence electrons. The molecule has 3 unspecified atom stereocenters. The van der Waals surface area contributed by atoms with E-state index in [0.717, 1.165) is 37.1 Å². The SMILES string of the molecule is CCOC(=O)C1=C(C(=O)OCC)N2C(C(C)(C)C)=CC34CCCCC23C1C(C(C)(C)C)=N4. The fourth-order valence-electron chi connectivity index (χ4n) is 6.37. The summed E-state index contributed by atoms with van der Waals surface area (Å²) >= 11 is 0. The Morgan fingerprint density at radius 3 is 2.16 bits per heavy atom. The molecule has 0 bridgehead atoms. The number of carbonyl (C=O) groups excluding carboxylic acids is 2. The van der Waals surface area contributed by atoms with E-state index in [4.69, 9.17) is 14.5 Å². The van der Waals surface area contributed by atoms with E-state index in [1.807, 2.05) is 0 Å². The highest BCUT2D eigenvalue weighted by Gasteiger charge is 2.75. The van der Waals surface area contributed by atoms with Crippen LogP contribution in [0, 0.1) is 16.7 Å². The monoisotopic (exact) mass is 442 g/mol. The highest BCUT2D eigenvalue weighted by Crippen LogP contribution is 2.68. The molecule has 0 aromatic carbocycles. The van der Waals surface area contributed by atoms with Gasteiger partial charge in [-0.25, -0.2) is 9.59 Å². The lowest BCUT2D eigenvalue weighted by Crippen LogP contribution is -2.59. The second-order valence-electron chi connectivity index (χ2n) is 11.6. The van der Waals surface area contributed by atoms with Crippen LogP contribution in [0.5, 0.6) is 0 Å². The van der Waals surface area contributed by atoms with Crippen LogP contribution in [0.25, 0.3) is 0 Å². The molecule has 32 heavy (non-hydrogen) atoms. The first kappa shape index (κ1) is 23.1. The minimum Gasteiger partial charge on any atom is -0.463 e. The Bertz CT molecular complexity index is 878. The Kier molecular flexibility index (Phi) is 5.18. The van der Waals surface area contributed by atoms with Gasteiger partial charge >= 0.3 is 11.9 Å². The molecule has 1 saturated carbocycles. The van der Waals surface area contributed by atoms with Crippen molar-refractivity contribution >= 4 is 17.7 Å². The van der Waals surface area contributed by atoms with E-state index in [1.54, 1.807) is 13.8 Å². The van der Waals surface area contributed by atoms with E-state index in [-0.39, 0.29) is 30.0 Å². The van der Waals surface area contributed by atoms with E-state index in [2.05, 4.69) is 52.5 Å². The van der Waals surface area contributed by atoms with Gasteiger partial charge in [0.15, 0.2) is 0 Å². The summed E-state index contributed by atoms with van der Waals surface area (Å²) in [6.07, 6.45) is 6.24. The van der Waals surface area contributed by atoms with Crippen molar-refractivity contribution in [1.82, 2.24) is 4.90 Å². The number of rotatable bonds is 4. The minimum absolute atomic E-state index is 0.224. The van der Waals surface area contributed by atoms with E-state index in [1.165, 1.54) is 0 Å². The number of ether oxygens (including phenoxy) is 2. The van der Waals surface area contributed by atoms with E-state index >= 15 is 0 Å². The fourth-order valence-corrected chi connectivity index (χ4v) is 6.37. The Morgan fingerprint density at radius 2 is 1.59 bits per heavy atom. The number of esters is 2. The smallest absolute Gasteiger partial charge is 0.355 e. The van der Waals surface area contributed by atoms with E-state index < -0.39 is 23.0 Å². The van der Waals surface area contributed by atoms with Gasteiger partial charge in [-0.3, -0.25) is 4.99 Å². The summed E-state index contributed by atoms with van der Waals surface area (Å²) in [5, 5.41) is 0. The fraction of sp³-hybridized carbons (Fsp3) is 0.731. The van der Waals surface area contributed by atoms with Gasteiger partial charge in [0.2, 0.25) is 0 Å². The lowest BCUT2D eigenvalue weighted by molar-refractivity contribution is -0.142. The third-order valence-corrected chi connectivity index (χ3v) is 7.47. The van der Waals surface area contributed by atoms with Crippen molar-refractivity contribution in [2.45, 2.75) is 92.2 Å². The first-order valence-corrected chi connectivity index (χ1v) is 12.1. The van der Waals surface area contributed by atoms with Crippen LogP contribution in [0.4, 0.5) is 0 Å². The Balaban J connectivity index is 2.08. The van der Waals surface area contributed by atoms with Gasteiger partial charge in [0, 0.05) is 22.2 Å². The normalized spacial score (nSPS) is 31.2. The third kappa shape index (κ3) is 2.87. The Morgan fingerprint density at radius 1 is 1.00 bits per heavy atom. The van der Waals surface area contributed by atoms with Crippen molar-refractivity contribution < 1.29 is 19.1 Å². The van der Waals surface area contributed by atoms with Gasteiger partial charge in [-0.15, -0.1) is 0 Å². The highest BCUT2D eigenvalue weighted by molar-refractivity contribution is 6.11. The van der Waals surface area contributed by atoms with E-state index in [9.17, 15) is 9.59 Å². The molecule has 6 heteroatoms. The topological polar surface area (TPSA) is 68.2 Å². The Labute approximate surface area is 192 Å². The molecule has 1 fully saturated rings. The van der Waals surface area contributed by atoms with Crippen molar-refractivity contribution in [3.63, 3.8) is 0 Å². The van der Waals surface area contributed by atoms with Gasteiger partial charge in [-0.2, -0.15) is 0 Å². The molecule has 0 aromatic rings. The molecule has 0 amide bonds. The molecule has 4 rings (SSSR count). The van der Waals surface area contributed by atoms with Crippen LogP contribution in [0.1, 0.15) is 81.1 Å². The predicted molar refractivity (Wildman–Crippen MR) is 124 cm³/mol. The van der Waals surface area contributed by atoms with Crippen LogP contribution in [-0.2, 0) is 19.1 Å². The number of hydrogen-bond donors (Lipinski definition) is 0. The maximum atomic E-state index is 13.5. The number of nitrogens with zero attached hydrogens (tertiary/aromatic N) is 2. The first-order chi connectivity index (χ1) is 14.9. The van der Waals surface area contributed by atoms with Crippen molar-refractivity contribution in [2.75, 3.05) is 13.2 Å². The van der Waals surface area contributed by atoms with Crippen LogP contribution in [0.3, 0.4) is 0 Å². The first-order valence-electron chi connectivity index (χ1n) is 12.1. The summed E-state index contributed by atoms with van der Waals surface area (Å²) in [6.45, 7) is 17.0. The standard InChI is InChI=1S/C26H38N2O4/c1-9-31-21(29)17-18-20(24(6,7)8)27-25-13-11-12-14-26(18,25)28(16(15-25)23(3,4)5)19(17)22(30)32-10-2/h15,18H,9-14H2,1-8H3. The van der Waals surface area contributed by atoms with Gasteiger partial charge in [-0.05, 0) is 32.8 Å². The van der Waals surface area contributed by atoms with Crippen molar-refractivity contribution in [3.05, 3.63) is 23.0 Å². The third-order valence-electron chi connectivity index (χ3n) is 7.47. The molecule has 0 N–H and O–H groups in total. The molecular weight excluding hydrogens is 404 g/mol. The average Bonchev–Trinajstić information content (AvgIpc) is 3.25. The second kappa shape index (κ2) is 7.19. The molecule has 0 radical (unpaired) electrons. The van der Waals surface area contributed by atoms with Crippen molar-refractivity contribution in [2.24, 2.45) is 21.7 Å². The van der Waals surface area contributed by atoms with Crippen molar-refractivity contribution in [3.8, 4) is 0 Å². The maximum absolute atomic E-state index is 13.5. The number of allylic oxidation sites excluding steroid dienone is 1. The number of aliphatic imine (C=N–C) groups is 1. The van der Waals surface area contributed by atoms with Crippen LogP contribution in [0.15, 0.2) is 28.0 Å². The Hall–Kier alpha value is -2.11. The summed E-state index contributed by atoms with van der Waals surface area (Å²) in [7, 11) is 0. The lowest BCUT2D eigenvalue weighted by Gasteiger charge is -2.49. The average molecular weight is 443 g/mol. The number of hydrogen-bond acceptors (Lipinski definition) is 6. The van der Waals surface area contributed by atoms with Crippen LogP contribution in [-0.4, -0.2) is 46.8 Å². The van der Waals surface area contributed by atoms with Crippen LogP contribution in [0.2, 0.25) is 0 Å². The maximum Gasteiger partial charge on any atom is 0.355 e. The molecule has 1 spiro atoms.